The van der Waals surface area contributed by atoms with Crippen LogP contribution in [-0.4, -0.2) is 16.5 Å². The number of aromatic nitrogens is 2. The van der Waals surface area contributed by atoms with Crippen molar-refractivity contribution in [3.05, 3.63) is 40.5 Å². The number of hydrogen-bond acceptors (Lipinski definition) is 4. The number of nitrogens with zero attached hydrogens (tertiary/aromatic N) is 3. The maximum absolute atomic E-state index is 9.30. The summed E-state index contributed by atoms with van der Waals surface area (Å²) in [6.07, 6.45) is 5.08. The van der Waals surface area contributed by atoms with E-state index in [0.29, 0.717) is 6.42 Å². The highest BCUT2D eigenvalue weighted by molar-refractivity contribution is 7.17. The van der Waals surface area contributed by atoms with E-state index in [-0.39, 0.29) is 0 Å². The molecule has 23 heavy (non-hydrogen) atoms. The third-order valence-electron chi connectivity index (χ3n) is 4.41. The summed E-state index contributed by atoms with van der Waals surface area (Å²) < 4.78 is 7.56. The van der Waals surface area contributed by atoms with Gasteiger partial charge in [0.1, 0.15) is 5.75 Å². The van der Waals surface area contributed by atoms with Gasteiger partial charge >= 0.3 is 0 Å². The molecule has 2 aromatic heterocycles. The van der Waals surface area contributed by atoms with Crippen LogP contribution in [0.1, 0.15) is 29.1 Å². The smallest absolute Gasteiger partial charge is 0.194 e. The van der Waals surface area contributed by atoms with E-state index in [9.17, 15) is 5.26 Å². The molecule has 1 aliphatic carbocycles. The lowest BCUT2D eigenvalue weighted by atomic mass is 10.0. The first-order chi connectivity index (χ1) is 11.3. The van der Waals surface area contributed by atoms with Gasteiger partial charge < -0.3 is 4.74 Å². The summed E-state index contributed by atoms with van der Waals surface area (Å²) in [6.45, 7) is 0. The number of thiazole rings is 1. The second-order valence-corrected chi connectivity index (χ2v) is 6.83. The van der Waals surface area contributed by atoms with Crippen LogP contribution < -0.4 is 4.74 Å². The van der Waals surface area contributed by atoms with Gasteiger partial charge in [-0.25, -0.2) is 4.98 Å². The Balaban J connectivity index is 1.94. The number of nitriles is 1. The highest BCUT2D eigenvalue weighted by atomic mass is 32.1. The standard InChI is InChI=1S/C18H17N3OS/c1-22-13-6-4-5-12(11-13)17-15(9-10-19)21-14-7-2-3-8-16(14)23-18(21)20-17/h4-6,11H,2-3,7-9H2,1H3. The zero-order valence-corrected chi connectivity index (χ0v) is 13.8. The summed E-state index contributed by atoms with van der Waals surface area (Å²) in [6, 6.07) is 10.2. The summed E-state index contributed by atoms with van der Waals surface area (Å²) >= 11 is 1.78. The predicted molar refractivity (Wildman–Crippen MR) is 91.0 cm³/mol. The quantitative estimate of drug-likeness (QED) is 0.731. The number of ether oxygens (including phenoxy) is 1. The monoisotopic (exact) mass is 323 g/mol. The topological polar surface area (TPSA) is 50.3 Å². The summed E-state index contributed by atoms with van der Waals surface area (Å²) in [5.41, 5.74) is 4.29. The molecule has 4 rings (SSSR count). The van der Waals surface area contributed by atoms with Gasteiger partial charge in [-0.3, -0.25) is 4.40 Å². The number of fused-ring (bicyclic) bond motifs is 3. The van der Waals surface area contributed by atoms with E-state index in [0.717, 1.165) is 40.5 Å². The molecular weight excluding hydrogens is 306 g/mol. The molecule has 0 aliphatic heterocycles. The lowest BCUT2D eigenvalue weighted by Crippen LogP contribution is -2.05. The lowest BCUT2D eigenvalue weighted by Gasteiger charge is -2.12. The zero-order chi connectivity index (χ0) is 15.8. The van der Waals surface area contributed by atoms with E-state index in [1.165, 1.54) is 23.4 Å². The Morgan fingerprint density at radius 3 is 3.04 bits per heavy atom. The van der Waals surface area contributed by atoms with Gasteiger partial charge in [0.2, 0.25) is 0 Å². The maximum atomic E-state index is 9.30. The number of aryl methyl sites for hydroxylation is 2. The minimum absolute atomic E-state index is 0.372. The molecule has 116 valence electrons. The average Bonchev–Trinajstić information content (AvgIpc) is 3.12. The Bertz CT molecular complexity index is 916. The van der Waals surface area contributed by atoms with Crippen molar-refractivity contribution in [2.45, 2.75) is 32.1 Å². The number of imidazole rings is 1. The minimum Gasteiger partial charge on any atom is -0.497 e. The van der Waals surface area contributed by atoms with Crippen molar-refractivity contribution in [3.8, 4) is 23.1 Å². The summed E-state index contributed by atoms with van der Waals surface area (Å²) in [4.78, 5) is 7.31. The van der Waals surface area contributed by atoms with Crippen molar-refractivity contribution in [1.29, 1.82) is 5.26 Å². The van der Waals surface area contributed by atoms with Gasteiger partial charge in [-0.05, 0) is 37.8 Å². The van der Waals surface area contributed by atoms with Crippen LogP contribution in [0.5, 0.6) is 5.75 Å². The Morgan fingerprint density at radius 2 is 2.22 bits per heavy atom. The van der Waals surface area contributed by atoms with Crippen LogP contribution in [0.25, 0.3) is 16.2 Å². The Hall–Kier alpha value is -2.32. The molecule has 3 aromatic rings. The minimum atomic E-state index is 0.372. The first-order valence-corrected chi connectivity index (χ1v) is 8.66. The number of methoxy groups -OCH3 is 1. The first-order valence-electron chi connectivity index (χ1n) is 7.85. The molecular formula is C18H17N3OS. The third kappa shape index (κ3) is 2.30. The van der Waals surface area contributed by atoms with Crippen molar-refractivity contribution < 1.29 is 4.74 Å². The Labute approximate surface area is 139 Å². The molecule has 0 saturated carbocycles. The SMILES string of the molecule is COc1cccc(-c2nc3sc4c(n3c2CC#N)CCCC4)c1. The molecule has 0 spiro atoms. The van der Waals surface area contributed by atoms with Gasteiger partial charge in [-0.1, -0.05) is 12.1 Å². The van der Waals surface area contributed by atoms with Gasteiger partial charge in [0.25, 0.3) is 0 Å². The Morgan fingerprint density at radius 1 is 1.35 bits per heavy atom. The molecule has 0 fully saturated rings. The van der Waals surface area contributed by atoms with Crippen molar-refractivity contribution in [2.75, 3.05) is 7.11 Å². The van der Waals surface area contributed by atoms with Crippen LogP contribution >= 0.6 is 11.3 Å². The molecule has 5 heteroatoms. The summed E-state index contributed by atoms with van der Waals surface area (Å²) in [5, 5.41) is 9.30. The van der Waals surface area contributed by atoms with Crippen molar-refractivity contribution in [2.24, 2.45) is 0 Å². The lowest BCUT2D eigenvalue weighted by molar-refractivity contribution is 0.415. The maximum Gasteiger partial charge on any atom is 0.194 e. The molecule has 0 radical (unpaired) electrons. The van der Waals surface area contributed by atoms with Crippen LogP contribution in [0.3, 0.4) is 0 Å². The fraction of sp³-hybridized carbons (Fsp3) is 0.333. The largest absolute Gasteiger partial charge is 0.497 e. The summed E-state index contributed by atoms with van der Waals surface area (Å²) in [7, 11) is 1.66. The zero-order valence-electron chi connectivity index (χ0n) is 13.0. The van der Waals surface area contributed by atoms with E-state index >= 15 is 0 Å². The van der Waals surface area contributed by atoms with Crippen LogP contribution in [0.4, 0.5) is 0 Å². The fourth-order valence-corrected chi connectivity index (χ4v) is 4.56. The average molecular weight is 323 g/mol. The normalized spacial score (nSPS) is 13.7. The molecule has 0 bridgehead atoms. The van der Waals surface area contributed by atoms with Crippen LogP contribution in [0.2, 0.25) is 0 Å². The van der Waals surface area contributed by atoms with Gasteiger partial charge in [-0.15, -0.1) is 11.3 Å². The predicted octanol–water partition coefficient (Wildman–Crippen LogP) is 4.02. The van der Waals surface area contributed by atoms with E-state index in [1.54, 1.807) is 18.4 Å². The molecule has 1 aliphatic rings. The van der Waals surface area contributed by atoms with Crippen molar-refractivity contribution in [3.63, 3.8) is 0 Å². The van der Waals surface area contributed by atoms with E-state index in [1.807, 2.05) is 24.3 Å². The fourth-order valence-electron chi connectivity index (χ4n) is 3.34. The first kappa shape index (κ1) is 14.3. The van der Waals surface area contributed by atoms with Crippen molar-refractivity contribution in [1.82, 2.24) is 9.38 Å². The Kier molecular flexibility index (Phi) is 3.55. The van der Waals surface area contributed by atoms with Gasteiger partial charge in [0.05, 0.1) is 31.0 Å². The molecule has 4 nitrogen and oxygen atoms in total. The van der Waals surface area contributed by atoms with Crippen LogP contribution in [0.15, 0.2) is 24.3 Å². The van der Waals surface area contributed by atoms with E-state index < -0.39 is 0 Å². The molecule has 0 saturated heterocycles. The number of benzene rings is 1. The highest BCUT2D eigenvalue weighted by Gasteiger charge is 2.23. The van der Waals surface area contributed by atoms with E-state index in [4.69, 9.17) is 9.72 Å². The van der Waals surface area contributed by atoms with Gasteiger partial charge in [0, 0.05) is 16.1 Å². The molecule has 0 atom stereocenters. The third-order valence-corrected chi connectivity index (χ3v) is 5.55. The highest BCUT2D eigenvalue weighted by Crippen LogP contribution is 2.35. The molecule has 2 heterocycles. The number of rotatable bonds is 3. The molecule has 0 amide bonds. The molecule has 0 N–H and O–H groups in total. The summed E-state index contributed by atoms with van der Waals surface area (Å²) in [5.74, 6) is 0.809. The van der Waals surface area contributed by atoms with Crippen molar-refractivity contribution >= 4 is 16.3 Å². The molecule has 1 aromatic carbocycles. The van der Waals surface area contributed by atoms with Gasteiger partial charge in [-0.2, -0.15) is 5.26 Å². The molecule has 0 unspecified atom stereocenters. The van der Waals surface area contributed by atoms with E-state index in [2.05, 4.69) is 10.5 Å². The second kappa shape index (κ2) is 5.71. The number of hydrogen-bond donors (Lipinski definition) is 0. The van der Waals surface area contributed by atoms with Crippen LogP contribution in [-0.2, 0) is 19.3 Å². The second-order valence-electron chi connectivity index (χ2n) is 5.77. The van der Waals surface area contributed by atoms with Crippen LogP contribution in [0, 0.1) is 11.3 Å². The van der Waals surface area contributed by atoms with Gasteiger partial charge in [0.15, 0.2) is 4.96 Å².